The van der Waals surface area contributed by atoms with Gasteiger partial charge in [0.2, 0.25) is 0 Å². The molecule has 0 aliphatic heterocycles. The minimum atomic E-state index is 0.482. The van der Waals surface area contributed by atoms with E-state index in [1.165, 1.54) is 23.1 Å². The molecule has 0 saturated carbocycles. The fraction of sp³-hybridized carbons (Fsp3) is 0.529. The second-order valence-electron chi connectivity index (χ2n) is 4.80. The topological polar surface area (TPSA) is 9.23 Å². The van der Waals surface area contributed by atoms with Crippen molar-refractivity contribution in [1.29, 1.82) is 0 Å². The van der Waals surface area contributed by atoms with Gasteiger partial charge in [-0.3, -0.25) is 0 Å². The Morgan fingerprint density at radius 2 is 1.83 bits per heavy atom. The molecule has 98 valence electrons. The van der Waals surface area contributed by atoms with Gasteiger partial charge in [0, 0.05) is 6.42 Å². The molecular weight excluding hydrogens is 220 g/mol. The molecule has 1 atom stereocenters. The van der Waals surface area contributed by atoms with Crippen LogP contribution in [0.2, 0.25) is 0 Å². The summed E-state index contributed by atoms with van der Waals surface area (Å²) in [4.78, 5) is 0. The summed E-state index contributed by atoms with van der Waals surface area (Å²) in [5.74, 6) is 4.26. The van der Waals surface area contributed by atoms with Crippen LogP contribution in [-0.2, 0) is 0 Å². The highest BCUT2D eigenvalue weighted by Crippen LogP contribution is 2.32. The van der Waals surface area contributed by atoms with E-state index in [0.29, 0.717) is 12.5 Å². The Morgan fingerprint density at radius 3 is 2.28 bits per heavy atom. The first-order valence-corrected chi connectivity index (χ1v) is 6.81. The SMILES string of the molecule is C#CCC(CCC)c1c(C)cc(OCC)cc1C. The fourth-order valence-electron chi connectivity index (χ4n) is 2.67. The van der Waals surface area contributed by atoms with Crippen LogP contribution in [0.5, 0.6) is 5.75 Å². The smallest absolute Gasteiger partial charge is 0.119 e. The summed E-state index contributed by atoms with van der Waals surface area (Å²) in [7, 11) is 0. The van der Waals surface area contributed by atoms with Gasteiger partial charge in [-0.1, -0.05) is 13.3 Å². The zero-order valence-corrected chi connectivity index (χ0v) is 12.0. The van der Waals surface area contributed by atoms with Crippen molar-refractivity contribution in [3.8, 4) is 18.1 Å². The van der Waals surface area contributed by atoms with E-state index in [9.17, 15) is 0 Å². The second-order valence-corrected chi connectivity index (χ2v) is 4.80. The molecule has 1 unspecified atom stereocenters. The second kappa shape index (κ2) is 7.11. The van der Waals surface area contributed by atoms with Crippen molar-refractivity contribution >= 4 is 0 Å². The van der Waals surface area contributed by atoms with Crippen molar-refractivity contribution in [3.05, 3.63) is 28.8 Å². The van der Waals surface area contributed by atoms with Gasteiger partial charge in [-0.15, -0.1) is 12.3 Å². The molecule has 0 bridgehead atoms. The van der Waals surface area contributed by atoms with E-state index >= 15 is 0 Å². The summed E-state index contributed by atoms with van der Waals surface area (Å²) in [6, 6.07) is 4.26. The van der Waals surface area contributed by atoms with Gasteiger partial charge in [0.1, 0.15) is 5.75 Å². The predicted molar refractivity (Wildman–Crippen MR) is 78.2 cm³/mol. The van der Waals surface area contributed by atoms with E-state index < -0.39 is 0 Å². The molecule has 0 saturated heterocycles. The highest BCUT2D eigenvalue weighted by Gasteiger charge is 2.15. The van der Waals surface area contributed by atoms with Gasteiger partial charge >= 0.3 is 0 Å². The summed E-state index contributed by atoms with van der Waals surface area (Å²) in [6.07, 6.45) is 8.64. The van der Waals surface area contributed by atoms with Crippen molar-refractivity contribution in [2.24, 2.45) is 0 Å². The first-order valence-electron chi connectivity index (χ1n) is 6.81. The molecule has 0 aromatic heterocycles. The Kier molecular flexibility index (Phi) is 5.78. The molecule has 1 heteroatoms. The zero-order valence-electron chi connectivity index (χ0n) is 12.0. The summed E-state index contributed by atoms with van der Waals surface area (Å²) < 4.78 is 5.58. The van der Waals surface area contributed by atoms with Crippen LogP contribution < -0.4 is 4.74 Å². The molecule has 0 spiro atoms. The molecule has 0 aliphatic rings. The normalized spacial score (nSPS) is 11.9. The lowest BCUT2D eigenvalue weighted by Crippen LogP contribution is -2.04. The molecule has 0 radical (unpaired) electrons. The average Bonchev–Trinajstić information content (AvgIpc) is 2.29. The maximum atomic E-state index is 5.58. The lowest BCUT2D eigenvalue weighted by molar-refractivity contribution is 0.339. The molecule has 18 heavy (non-hydrogen) atoms. The predicted octanol–water partition coefficient (Wildman–Crippen LogP) is 4.61. The molecule has 0 N–H and O–H groups in total. The Morgan fingerprint density at radius 1 is 1.22 bits per heavy atom. The Balaban J connectivity index is 3.10. The molecule has 0 fully saturated rings. The molecule has 1 nitrogen and oxygen atoms in total. The van der Waals surface area contributed by atoms with Crippen LogP contribution in [0.1, 0.15) is 55.7 Å². The van der Waals surface area contributed by atoms with Crippen molar-refractivity contribution in [2.45, 2.75) is 52.9 Å². The third-order valence-electron chi connectivity index (χ3n) is 3.29. The number of benzene rings is 1. The van der Waals surface area contributed by atoms with E-state index in [0.717, 1.165) is 18.6 Å². The molecule has 0 heterocycles. The number of rotatable bonds is 6. The lowest BCUT2D eigenvalue weighted by Gasteiger charge is -2.20. The first-order chi connectivity index (χ1) is 8.63. The highest BCUT2D eigenvalue weighted by molar-refractivity contribution is 5.43. The van der Waals surface area contributed by atoms with Gasteiger partial charge in [0.05, 0.1) is 6.61 Å². The monoisotopic (exact) mass is 244 g/mol. The Labute approximate surface area is 112 Å². The zero-order chi connectivity index (χ0) is 13.5. The first kappa shape index (κ1) is 14.6. The summed E-state index contributed by atoms with van der Waals surface area (Å²) in [5, 5.41) is 0. The van der Waals surface area contributed by atoms with Crippen molar-refractivity contribution < 1.29 is 4.74 Å². The Bertz CT molecular complexity index is 403. The van der Waals surface area contributed by atoms with Crippen LogP contribution in [0.15, 0.2) is 12.1 Å². The van der Waals surface area contributed by atoms with Gasteiger partial charge in [-0.05, 0) is 61.9 Å². The van der Waals surface area contributed by atoms with Gasteiger partial charge in [-0.25, -0.2) is 0 Å². The van der Waals surface area contributed by atoms with Crippen molar-refractivity contribution in [3.63, 3.8) is 0 Å². The van der Waals surface area contributed by atoms with Gasteiger partial charge in [0.25, 0.3) is 0 Å². The van der Waals surface area contributed by atoms with Gasteiger partial charge in [-0.2, -0.15) is 0 Å². The van der Waals surface area contributed by atoms with Crippen LogP contribution in [0, 0.1) is 26.2 Å². The van der Waals surface area contributed by atoms with E-state index in [4.69, 9.17) is 11.2 Å². The Hall–Kier alpha value is -1.42. The standard InChI is InChI=1S/C17H24O/c1-6-9-15(10-7-2)17-13(4)11-16(18-8-3)12-14(17)5/h1,11-12,15H,7-10H2,2-5H3. The molecule has 1 rings (SSSR count). The van der Waals surface area contributed by atoms with E-state index in [1.807, 2.05) is 6.92 Å². The number of hydrogen-bond acceptors (Lipinski definition) is 1. The maximum absolute atomic E-state index is 5.58. The van der Waals surface area contributed by atoms with Crippen LogP contribution in [-0.4, -0.2) is 6.61 Å². The minimum Gasteiger partial charge on any atom is -0.494 e. The van der Waals surface area contributed by atoms with Crippen LogP contribution in [0.25, 0.3) is 0 Å². The summed E-state index contributed by atoms with van der Waals surface area (Å²) in [6.45, 7) is 9.24. The quantitative estimate of drug-likeness (QED) is 0.664. The fourth-order valence-corrected chi connectivity index (χ4v) is 2.67. The van der Waals surface area contributed by atoms with Crippen LogP contribution >= 0.6 is 0 Å². The van der Waals surface area contributed by atoms with E-state index in [-0.39, 0.29) is 0 Å². The number of terminal acetylenes is 1. The third-order valence-corrected chi connectivity index (χ3v) is 3.29. The van der Waals surface area contributed by atoms with Crippen LogP contribution in [0.3, 0.4) is 0 Å². The number of ether oxygens (including phenoxy) is 1. The molecule has 0 amide bonds. The van der Waals surface area contributed by atoms with Crippen molar-refractivity contribution in [2.75, 3.05) is 6.61 Å². The molecule has 1 aromatic rings. The minimum absolute atomic E-state index is 0.482. The molecule has 1 aromatic carbocycles. The third kappa shape index (κ3) is 3.53. The molecule has 0 aliphatic carbocycles. The maximum Gasteiger partial charge on any atom is 0.119 e. The van der Waals surface area contributed by atoms with Gasteiger partial charge in [0.15, 0.2) is 0 Å². The van der Waals surface area contributed by atoms with Gasteiger partial charge < -0.3 is 4.74 Å². The van der Waals surface area contributed by atoms with Crippen molar-refractivity contribution in [1.82, 2.24) is 0 Å². The number of hydrogen-bond donors (Lipinski definition) is 0. The largest absolute Gasteiger partial charge is 0.494 e. The lowest BCUT2D eigenvalue weighted by atomic mass is 9.85. The van der Waals surface area contributed by atoms with E-state index in [2.05, 4.69) is 38.8 Å². The average molecular weight is 244 g/mol. The summed E-state index contributed by atoms with van der Waals surface area (Å²) >= 11 is 0. The molecular formula is C17H24O. The number of aryl methyl sites for hydroxylation is 2. The van der Waals surface area contributed by atoms with E-state index in [1.54, 1.807) is 0 Å². The summed E-state index contributed by atoms with van der Waals surface area (Å²) in [5.41, 5.74) is 4.01. The highest BCUT2D eigenvalue weighted by atomic mass is 16.5. The van der Waals surface area contributed by atoms with Crippen LogP contribution in [0.4, 0.5) is 0 Å².